The molecule has 0 heterocycles. The molecule has 2 aliphatic rings. The molecule has 0 saturated heterocycles. The highest BCUT2D eigenvalue weighted by Gasteiger charge is 2.26. The molecule has 2 N–H and O–H groups in total. The van der Waals surface area contributed by atoms with Crippen molar-refractivity contribution in [1.82, 2.24) is 5.32 Å². The van der Waals surface area contributed by atoms with Crippen molar-refractivity contribution < 1.29 is 10.6 Å². The first-order chi connectivity index (χ1) is 12.2. The van der Waals surface area contributed by atoms with Crippen LogP contribution in [0.1, 0.15) is 46.9 Å². The SMILES string of the molecule is CCCCNC.FC1=CC=C(C2CC2)CC1.O=CNc1ccccc1.[HH]. The zero-order chi connectivity index (χ0) is 18.3. The molecular weight excluding hydrogens is 315 g/mol. The van der Waals surface area contributed by atoms with Gasteiger partial charge in [-0.25, -0.2) is 4.39 Å². The molecule has 3 nitrogen and oxygen atoms in total. The normalized spacial score (nSPS) is 15.5. The Balaban J connectivity index is 0.000000367. The minimum Gasteiger partial charge on any atom is -0.329 e. The summed E-state index contributed by atoms with van der Waals surface area (Å²) in [6.45, 7) is 3.36. The lowest BCUT2D eigenvalue weighted by Crippen LogP contribution is -2.06. The third-order valence-corrected chi connectivity index (χ3v) is 4.01. The minimum atomic E-state index is 0. The van der Waals surface area contributed by atoms with Gasteiger partial charge in [0.15, 0.2) is 0 Å². The van der Waals surface area contributed by atoms with E-state index >= 15 is 0 Å². The van der Waals surface area contributed by atoms with E-state index in [1.54, 1.807) is 6.08 Å². The summed E-state index contributed by atoms with van der Waals surface area (Å²) >= 11 is 0. The van der Waals surface area contributed by atoms with Crippen LogP contribution in [-0.4, -0.2) is 20.0 Å². The molecular formula is C21H33FN2O. The molecule has 2 aliphatic carbocycles. The molecule has 0 atom stereocenters. The van der Waals surface area contributed by atoms with Crippen LogP contribution in [-0.2, 0) is 4.79 Å². The van der Waals surface area contributed by atoms with Gasteiger partial charge in [0.2, 0.25) is 6.41 Å². The number of amides is 1. The number of hydrogen-bond acceptors (Lipinski definition) is 2. The van der Waals surface area contributed by atoms with Crippen molar-refractivity contribution >= 4 is 12.1 Å². The summed E-state index contributed by atoms with van der Waals surface area (Å²) in [5, 5.41) is 5.60. The van der Waals surface area contributed by atoms with Crippen LogP contribution < -0.4 is 10.6 Å². The van der Waals surface area contributed by atoms with Crippen LogP contribution in [0.4, 0.5) is 10.1 Å². The first-order valence-electron chi connectivity index (χ1n) is 9.16. The Labute approximate surface area is 152 Å². The lowest BCUT2D eigenvalue weighted by atomic mass is 10.0. The number of hydrogen-bond donors (Lipinski definition) is 2. The van der Waals surface area contributed by atoms with Crippen LogP contribution in [0.15, 0.2) is 53.9 Å². The van der Waals surface area contributed by atoms with E-state index < -0.39 is 0 Å². The van der Waals surface area contributed by atoms with Gasteiger partial charge in [-0.2, -0.15) is 0 Å². The molecule has 1 fully saturated rings. The molecule has 0 radical (unpaired) electrons. The first-order valence-corrected chi connectivity index (χ1v) is 9.16. The maximum absolute atomic E-state index is 12.5. The highest BCUT2D eigenvalue weighted by Crippen LogP contribution is 2.40. The molecule has 1 amide bonds. The number of carbonyl (C=O) groups excluding carboxylic acids is 1. The van der Waals surface area contributed by atoms with Gasteiger partial charge >= 0.3 is 0 Å². The summed E-state index contributed by atoms with van der Waals surface area (Å²) in [6, 6.07) is 9.29. The van der Waals surface area contributed by atoms with Gasteiger partial charge in [-0.15, -0.1) is 0 Å². The number of rotatable bonds is 6. The molecule has 1 aromatic carbocycles. The molecule has 0 bridgehead atoms. The largest absolute Gasteiger partial charge is 0.329 e. The smallest absolute Gasteiger partial charge is 0.211 e. The average Bonchev–Trinajstić information content (AvgIpc) is 3.48. The second-order valence-electron chi connectivity index (χ2n) is 6.21. The predicted octanol–water partition coefficient (Wildman–Crippen LogP) is 5.48. The minimum absolute atomic E-state index is 0. The molecule has 3 rings (SSSR count). The zero-order valence-electron chi connectivity index (χ0n) is 15.4. The van der Waals surface area contributed by atoms with Crippen LogP contribution in [0.2, 0.25) is 0 Å². The number of benzene rings is 1. The molecule has 1 saturated carbocycles. The molecule has 0 aromatic heterocycles. The Bertz CT molecular complexity index is 538. The fourth-order valence-electron chi connectivity index (χ4n) is 2.38. The summed E-state index contributed by atoms with van der Waals surface area (Å²) < 4.78 is 12.5. The van der Waals surface area contributed by atoms with Gasteiger partial charge < -0.3 is 10.6 Å². The fourth-order valence-corrected chi connectivity index (χ4v) is 2.38. The van der Waals surface area contributed by atoms with Gasteiger partial charge in [-0.3, -0.25) is 4.79 Å². The Morgan fingerprint density at radius 1 is 1.20 bits per heavy atom. The van der Waals surface area contributed by atoms with Crippen molar-refractivity contribution in [3.63, 3.8) is 0 Å². The van der Waals surface area contributed by atoms with E-state index in [0.717, 1.165) is 24.6 Å². The lowest BCUT2D eigenvalue weighted by molar-refractivity contribution is -0.105. The number of unbranched alkanes of at least 4 members (excludes halogenated alkanes) is 1. The van der Waals surface area contributed by atoms with Gasteiger partial charge in [-0.05, 0) is 63.4 Å². The van der Waals surface area contributed by atoms with Gasteiger partial charge in [0, 0.05) is 13.5 Å². The number of nitrogens with one attached hydrogen (secondary N) is 2. The topological polar surface area (TPSA) is 41.1 Å². The van der Waals surface area contributed by atoms with Crippen molar-refractivity contribution in [2.24, 2.45) is 5.92 Å². The van der Waals surface area contributed by atoms with E-state index in [0.29, 0.717) is 12.8 Å². The third kappa shape index (κ3) is 10.5. The maximum atomic E-state index is 12.5. The Kier molecular flexibility index (Phi) is 11.3. The number of halogens is 1. The van der Waals surface area contributed by atoms with Crippen LogP contribution >= 0.6 is 0 Å². The van der Waals surface area contributed by atoms with Gasteiger partial charge in [-0.1, -0.05) is 43.2 Å². The summed E-state index contributed by atoms with van der Waals surface area (Å²) in [7, 11) is 1.98. The van der Waals surface area contributed by atoms with Gasteiger partial charge in [0.1, 0.15) is 5.83 Å². The van der Waals surface area contributed by atoms with E-state index in [1.807, 2.05) is 43.5 Å². The molecule has 140 valence electrons. The summed E-state index contributed by atoms with van der Waals surface area (Å²) in [4.78, 5) is 9.86. The van der Waals surface area contributed by atoms with Gasteiger partial charge in [0.25, 0.3) is 0 Å². The van der Waals surface area contributed by atoms with E-state index in [-0.39, 0.29) is 7.25 Å². The van der Waals surface area contributed by atoms with Crippen molar-refractivity contribution in [1.29, 1.82) is 0 Å². The Morgan fingerprint density at radius 3 is 2.36 bits per heavy atom. The van der Waals surface area contributed by atoms with E-state index in [4.69, 9.17) is 0 Å². The van der Waals surface area contributed by atoms with Crippen molar-refractivity contribution in [3.05, 3.63) is 53.9 Å². The van der Waals surface area contributed by atoms with Crippen LogP contribution in [0.25, 0.3) is 0 Å². The van der Waals surface area contributed by atoms with E-state index in [2.05, 4.69) is 17.6 Å². The molecule has 4 heteroatoms. The molecule has 0 unspecified atom stereocenters. The maximum Gasteiger partial charge on any atom is 0.211 e. The van der Waals surface area contributed by atoms with Crippen molar-refractivity contribution in [3.8, 4) is 0 Å². The average molecular weight is 349 g/mol. The highest BCUT2D eigenvalue weighted by molar-refractivity contribution is 5.70. The van der Waals surface area contributed by atoms with Crippen LogP contribution in [0.5, 0.6) is 0 Å². The second kappa shape index (κ2) is 13.4. The second-order valence-corrected chi connectivity index (χ2v) is 6.21. The number of anilines is 1. The summed E-state index contributed by atoms with van der Waals surface area (Å²) in [6.07, 6.45) is 11.1. The monoisotopic (exact) mass is 348 g/mol. The zero-order valence-corrected chi connectivity index (χ0v) is 15.4. The third-order valence-electron chi connectivity index (χ3n) is 4.01. The number of para-hydroxylation sites is 1. The number of carbonyl (C=O) groups is 1. The van der Waals surface area contributed by atoms with Crippen molar-refractivity contribution in [2.75, 3.05) is 18.9 Å². The molecule has 25 heavy (non-hydrogen) atoms. The standard InChI is InChI=1S/C9H11F.C7H7NO.C5H13N.H2/c10-9-5-3-8(4-6-9)7-1-2-7;9-6-8-7-4-2-1-3-5-7;1-3-4-5-6-2;/h3,5,7H,1-2,4,6H2;1-6H,(H,8,9);6H,3-5H2,1-2H3;1H. The van der Waals surface area contributed by atoms with E-state index in [9.17, 15) is 9.18 Å². The fraction of sp³-hybridized carbons (Fsp3) is 0.476. The van der Waals surface area contributed by atoms with Crippen LogP contribution in [0.3, 0.4) is 0 Å². The Morgan fingerprint density at radius 2 is 1.92 bits per heavy atom. The van der Waals surface area contributed by atoms with E-state index in [1.165, 1.54) is 31.3 Å². The van der Waals surface area contributed by atoms with Crippen molar-refractivity contribution in [2.45, 2.75) is 45.4 Å². The molecule has 0 spiro atoms. The quantitative estimate of drug-likeness (QED) is 0.528. The summed E-state index contributed by atoms with van der Waals surface area (Å²) in [5.74, 6) is 0.869. The molecule has 0 aliphatic heterocycles. The highest BCUT2D eigenvalue weighted by atomic mass is 19.1. The first kappa shape index (κ1) is 21.1. The predicted molar refractivity (Wildman–Crippen MR) is 106 cm³/mol. The lowest BCUT2D eigenvalue weighted by Gasteiger charge is -2.07. The van der Waals surface area contributed by atoms with Gasteiger partial charge in [0.05, 0.1) is 0 Å². The number of allylic oxidation sites excluding steroid dienone is 4. The Hall–Kier alpha value is -1.94. The molecule has 1 aromatic rings. The summed E-state index contributed by atoms with van der Waals surface area (Å²) in [5.41, 5.74) is 2.30. The van der Waals surface area contributed by atoms with Crippen LogP contribution in [0, 0.1) is 5.92 Å².